The maximum Gasteiger partial charge on any atom is 0.261 e. The molecule has 2 atom stereocenters. The molecule has 2 aromatic carbocycles. The van der Waals surface area contributed by atoms with Gasteiger partial charge in [0.2, 0.25) is 0 Å². The third-order valence-corrected chi connectivity index (χ3v) is 4.32. The molecule has 0 aliphatic rings. The summed E-state index contributed by atoms with van der Waals surface area (Å²) >= 11 is 0. The van der Waals surface area contributed by atoms with E-state index in [0.717, 1.165) is 16.9 Å². The molecule has 0 saturated heterocycles. The van der Waals surface area contributed by atoms with Crippen molar-refractivity contribution in [2.75, 3.05) is 0 Å². The second kappa shape index (κ2) is 8.00. The van der Waals surface area contributed by atoms with E-state index >= 15 is 0 Å². The first-order chi connectivity index (χ1) is 11.4. The number of carbonyl (C=O) groups is 1. The molecule has 0 spiro atoms. The first-order valence-corrected chi connectivity index (χ1v) is 8.51. The highest BCUT2D eigenvalue weighted by molar-refractivity contribution is 5.81. The van der Waals surface area contributed by atoms with Crippen LogP contribution < -0.4 is 10.1 Å². The van der Waals surface area contributed by atoms with Gasteiger partial charge in [0, 0.05) is 0 Å². The van der Waals surface area contributed by atoms with Crippen molar-refractivity contribution in [3.63, 3.8) is 0 Å². The monoisotopic (exact) mass is 325 g/mol. The van der Waals surface area contributed by atoms with Crippen molar-refractivity contribution in [3.05, 3.63) is 64.7 Å². The van der Waals surface area contributed by atoms with Gasteiger partial charge in [0.15, 0.2) is 6.10 Å². The molecule has 2 unspecified atom stereocenters. The van der Waals surface area contributed by atoms with Gasteiger partial charge in [-0.05, 0) is 68.5 Å². The van der Waals surface area contributed by atoms with Crippen molar-refractivity contribution < 1.29 is 9.53 Å². The van der Waals surface area contributed by atoms with Crippen LogP contribution in [0.3, 0.4) is 0 Å². The lowest BCUT2D eigenvalue weighted by molar-refractivity contribution is -0.128. The molecule has 0 aromatic heterocycles. The van der Waals surface area contributed by atoms with Gasteiger partial charge in [-0.3, -0.25) is 4.79 Å². The molecule has 3 nitrogen and oxygen atoms in total. The smallest absolute Gasteiger partial charge is 0.261 e. The van der Waals surface area contributed by atoms with Crippen molar-refractivity contribution in [1.82, 2.24) is 5.32 Å². The highest BCUT2D eigenvalue weighted by Crippen LogP contribution is 2.19. The van der Waals surface area contributed by atoms with Crippen LogP contribution in [0.15, 0.2) is 42.5 Å². The number of nitrogens with one attached hydrogen (secondary N) is 1. The Hall–Kier alpha value is -2.29. The lowest BCUT2D eigenvalue weighted by Gasteiger charge is -2.21. The van der Waals surface area contributed by atoms with Crippen LogP contribution in [0, 0.1) is 20.8 Å². The summed E-state index contributed by atoms with van der Waals surface area (Å²) in [5.74, 6) is 0.653. The Morgan fingerprint density at radius 3 is 2.46 bits per heavy atom. The Morgan fingerprint density at radius 2 is 1.83 bits per heavy atom. The number of carbonyl (C=O) groups excluding carboxylic acids is 1. The van der Waals surface area contributed by atoms with Crippen molar-refractivity contribution in [2.45, 2.75) is 53.2 Å². The average molecular weight is 325 g/mol. The Kier molecular flexibility index (Phi) is 6.02. The molecule has 2 rings (SSSR count). The Balaban J connectivity index is 2.04. The van der Waals surface area contributed by atoms with E-state index in [0.29, 0.717) is 6.42 Å². The summed E-state index contributed by atoms with van der Waals surface area (Å²) in [6, 6.07) is 14.0. The van der Waals surface area contributed by atoms with E-state index in [2.05, 4.69) is 37.4 Å². The number of benzene rings is 2. The van der Waals surface area contributed by atoms with Crippen LogP contribution in [-0.4, -0.2) is 12.0 Å². The predicted molar refractivity (Wildman–Crippen MR) is 98.4 cm³/mol. The molecule has 24 heavy (non-hydrogen) atoms. The normalized spacial score (nSPS) is 13.2. The molecule has 128 valence electrons. The topological polar surface area (TPSA) is 38.3 Å². The minimum Gasteiger partial charge on any atom is -0.481 e. The van der Waals surface area contributed by atoms with Crippen molar-refractivity contribution >= 4 is 5.91 Å². The summed E-state index contributed by atoms with van der Waals surface area (Å²) < 4.78 is 5.87. The van der Waals surface area contributed by atoms with Crippen LogP contribution in [0.5, 0.6) is 5.75 Å². The molecule has 3 heteroatoms. The zero-order chi connectivity index (χ0) is 17.7. The summed E-state index contributed by atoms with van der Waals surface area (Å²) in [5.41, 5.74) is 4.71. The first kappa shape index (κ1) is 18.1. The zero-order valence-corrected chi connectivity index (χ0v) is 15.2. The lowest BCUT2D eigenvalue weighted by atomic mass is 10.0. The van der Waals surface area contributed by atoms with Crippen molar-refractivity contribution in [2.24, 2.45) is 0 Å². The van der Waals surface area contributed by atoms with Crippen LogP contribution >= 0.6 is 0 Å². The molecular weight excluding hydrogens is 298 g/mol. The zero-order valence-electron chi connectivity index (χ0n) is 15.2. The average Bonchev–Trinajstić information content (AvgIpc) is 2.55. The largest absolute Gasteiger partial charge is 0.481 e. The Bertz CT molecular complexity index is 709. The molecular formula is C21H27NO2. The molecule has 0 aliphatic carbocycles. The molecule has 0 heterocycles. The highest BCUT2D eigenvalue weighted by atomic mass is 16.5. The van der Waals surface area contributed by atoms with Crippen LogP contribution in [0.1, 0.15) is 48.6 Å². The van der Waals surface area contributed by atoms with E-state index in [1.165, 1.54) is 11.1 Å². The van der Waals surface area contributed by atoms with E-state index < -0.39 is 6.10 Å². The molecule has 0 radical (unpaired) electrons. The van der Waals surface area contributed by atoms with Gasteiger partial charge in [-0.15, -0.1) is 0 Å². The van der Waals surface area contributed by atoms with Gasteiger partial charge in [-0.1, -0.05) is 37.3 Å². The number of ether oxygens (including phenoxy) is 1. The van der Waals surface area contributed by atoms with Crippen molar-refractivity contribution in [1.29, 1.82) is 0 Å². The molecule has 0 saturated carbocycles. The molecule has 0 aliphatic heterocycles. The van der Waals surface area contributed by atoms with Crippen LogP contribution in [0.25, 0.3) is 0 Å². The van der Waals surface area contributed by atoms with Gasteiger partial charge in [-0.2, -0.15) is 0 Å². The van der Waals surface area contributed by atoms with E-state index in [9.17, 15) is 4.79 Å². The lowest BCUT2D eigenvalue weighted by Crippen LogP contribution is -2.39. The first-order valence-electron chi connectivity index (χ1n) is 8.51. The minimum atomic E-state index is -0.485. The number of aryl methyl sites for hydroxylation is 3. The molecule has 1 N–H and O–H groups in total. The van der Waals surface area contributed by atoms with Gasteiger partial charge in [-0.25, -0.2) is 0 Å². The standard InChI is InChI=1S/C21H27NO2/c1-6-20(24-19-9-7-8-14(2)12-19)21(23)22-17(5)18-11-10-15(3)16(4)13-18/h7-13,17,20H,6H2,1-5H3,(H,22,23). The van der Waals surface area contributed by atoms with Crippen LogP contribution in [-0.2, 0) is 4.79 Å². The van der Waals surface area contributed by atoms with Crippen molar-refractivity contribution in [3.8, 4) is 5.75 Å². The van der Waals surface area contributed by atoms with E-state index in [1.807, 2.05) is 45.0 Å². The van der Waals surface area contributed by atoms with Crippen LogP contribution in [0.4, 0.5) is 0 Å². The number of hydrogen-bond donors (Lipinski definition) is 1. The second-order valence-electron chi connectivity index (χ2n) is 6.41. The highest BCUT2D eigenvalue weighted by Gasteiger charge is 2.20. The fourth-order valence-corrected chi connectivity index (χ4v) is 2.60. The fourth-order valence-electron chi connectivity index (χ4n) is 2.60. The quantitative estimate of drug-likeness (QED) is 0.840. The summed E-state index contributed by atoms with van der Waals surface area (Å²) in [4.78, 5) is 12.6. The van der Waals surface area contributed by atoms with E-state index in [1.54, 1.807) is 0 Å². The Morgan fingerprint density at radius 1 is 1.08 bits per heavy atom. The van der Waals surface area contributed by atoms with Gasteiger partial charge >= 0.3 is 0 Å². The third-order valence-electron chi connectivity index (χ3n) is 4.32. The van der Waals surface area contributed by atoms with Gasteiger partial charge in [0.25, 0.3) is 5.91 Å². The third kappa shape index (κ3) is 4.60. The SMILES string of the molecule is CCC(Oc1cccc(C)c1)C(=O)NC(C)c1ccc(C)c(C)c1. The van der Waals surface area contributed by atoms with Gasteiger partial charge in [0.1, 0.15) is 5.75 Å². The molecule has 2 aromatic rings. The second-order valence-corrected chi connectivity index (χ2v) is 6.41. The summed E-state index contributed by atoms with van der Waals surface area (Å²) in [5, 5.41) is 3.06. The minimum absolute atomic E-state index is 0.0491. The molecule has 0 bridgehead atoms. The predicted octanol–water partition coefficient (Wildman–Crippen LogP) is 4.65. The fraction of sp³-hybridized carbons (Fsp3) is 0.381. The summed E-state index contributed by atoms with van der Waals surface area (Å²) in [6.45, 7) is 10.1. The van der Waals surface area contributed by atoms with Crippen LogP contribution in [0.2, 0.25) is 0 Å². The number of hydrogen-bond acceptors (Lipinski definition) is 2. The summed E-state index contributed by atoms with van der Waals surface area (Å²) in [6.07, 6.45) is 0.139. The number of rotatable bonds is 6. The van der Waals surface area contributed by atoms with Gasteiger partial charge < -0.3 is 10.1 Å². The Labute approximate surface area is 145 Å². The van der Waals surface area contributed by atoms with Gasteiger partial charge in [0.05, 0.1) is 6.04 Å². The number of amides is 1. The summed E-state index contributed by atoms with van der Waals surface area (Å²) in [7, 11) is 0. The maximum absolute atomic E-state index is 12.6. The van der Waals surface area contributed by atoms with E-state index in [-0.39, 0.29) is 11.9 Å². The molecule has 1 amide bonds. The molecule has 0 fully saturated rings. The van der Waals surface area contributed by atoms with E-state index in [4.69, 9.17) is 4.74 Å². The maximum atomic E-state index is 12.6.